The highest BCUT2D eigenvalue weighted by Crippen LogP contribution is 2.14. The Hall–Kier alpha value is -1.15. The van der Waals surface area contributed by atoms with E-state index in [0.717, 1.165) is 12.8 Å². The molecule has 6 nitrogen and oxygen atoms in total. The van der Waals surface area contributed by atoms with E-state index < -0.39 is 16.1 Å². The number of amides is 1. The SMILES string of the molecule is CCCCOC(C)C(=O)NCCNS(=O)(=O)c1cccc(Cl)c1. The van der Waals surface area contributed by atoms with Crippen LogP contribution < -0.4 is 10.0 Å². The first-order chi connectivity index (χ1) is 10.9. The van der Waals surface area contributed by atoms with Gasteiger partial charge in [-0.15, -0.1) is 0 Å². The lowest BCUT2D eigenvalue weighted by molar-refractivity contribution is -0.131. The quantitative estimate of drug-likeness (QED) is 0.623. The predicted molar refractivity (Wildman–Crippen MR) is 90.0 cm³/mol. The monoisotopic (exact) mass is 362 g/mol. The van der Waals surface area contributed by atoms with Crippen molar-refractivity contribution in [1.82, 2.24) is 10.0 Å². The van der Waals surface area contributed by atoms with Crippen molar-refractivity contribution in [3.05, 3.63) is 29.3 Å². The number of ether oxygens (including phenoxy) is 1. The highest BCUT2D eigenvalue weighted by Gasteiger charge is 2.15. The zero-order valence-electron chi connectivity index (χ0n) is 13.3. The molecule has 0 saturated carbocycles. The molecule has 1 unspecified atom stereocenters. The second kappa shape index (κ2) is 9.87. The van der Waals surface area contributed by atoms with Crippen molar-refractivity contribution in [2.75, 3.05) is 19.7 Å². The summed E-state index contributed by atoms with van der Waals surface area (Å²) in [7, 11) is -3.64. The van der Waals surface area contributed by atoms with Crippen LogP contribution in [0.2, 0.25) is 5.02 Å². The number of sulfonamides is 1. The van der Waals surface area contributed by atoms with E-state index in [1.165, 1.54) is 12.1 Å². The lowest BCUT2D eigenvalue weighted by atomic mass is 10.3. The lowest BCUT2D eigenvalue weighted by Gasteiger charge is -2.13. The second-order valence-corrected chi connectivity index (χ2v) is 7.22. The molecule has 1 rings (SSSR count). The third kappa shape index (κ3) is 7.30. The molecule has 8 heteroatoms. The molecule has 0 aliphatic rings. The van der Waals surface area contributed by atoms with Crippen LogP contribution in [0.4, 0.5) is 0 Å². The first-order valence-corrected chi connectivity index (χ1v) is 9.37. The van der Waals surface area contributed by atoms with Gasteiger partial charge in [0.2, 0.25) is 15.9 Å². The molecule has 1 aromatic rings. The molecule has 2 N–H and O–H groups in total. The summed E-state index contributed by atoms with van der Waals surface area (Å²) in [5.74, 6) is -0.261. The van der Waals surface area contributed by atoms with Crippen LogP contribution in [-0.2, 0) is 19.6 Å². The van der Waals surface area contributed by atoms with Crippen molar-refractivity contribution in [2.24, 2.45) is 0 Å². The molecule has 1 aromatic carbocycles. The Labute approximate surface area is 142 Å². The van der Waals surface area contributed by atoms with Crippen LogP contribution in [0.25, 0.3) is 0 Å². The summed E-state index contributed by atoms with van der Waals surface area (Å²) in [6.07, 6.45) is 1.35. The maximum absolute atomic E-state index is 12.0. The van der Waals surface area contributed by atoms with Gasteiger partial charge in [0.25, 0.3) is 0 Å². The number of carbonyl (C=O) groups excluding carboxylic acids is 1. The third-order valence-electron chi connectivity index (χ3n) is 3.06. The van der Waals surface area contributed by atoms with Gasteiger partial charge in [0.05, 0.1) is 4.90 Å². The van der Waals surface area contributed by atoms with E-state index in [4.69, 9.17) is 16.3 Å². The van der Waals surface area contributed by atoms with Crippen molar-refractivity contribution in [1.29, 1.82) is 0 Å². The summed E-state index contributed by atoms with van der Waals surface area (Å²) in [6, 6.07) is 5.98. The Morgan fingerprint density at radius 3 is 2.74 bits per heavy atom. The Bertz CT molecular complexity index is 607. The molecule has 0 heterocycles. The minimum Gasteiger partial charge on any atom is -0.369 e. The van der Waals surface area contributed by atoms with Crippen LogP contribution in [0.5, 0.6) is 0 Å². The van der Waals surface area contributed by atoms with Gasteiger partial charge in [0, 0.05) is 24.7 Å². The van der Waals surface area contributed by atoms with Gasteiger partial charge in [-0.05, 0) is 31.5 Å². The van der Waals surface area contributed by atoms with Crippen molar-refractivity contribution in [2.45, 2.75) is 37.7 Å². The van der Waals surface area contributed by atoms with Gasteiger partial charge in [-0.2, -0.15) is 0 Å². The highest BCUT2D eigenvalue weighted by atomic mass is 35.5. The molecule has 0 radical (unpaired) electrons. The molecule has 1 amide bonds. The lowest BCUT2D eigenvalue weighted by Crippen LogP contribution is -2.39. The number of hydrogen-bond acceptors (Lipinski definition) is 4. The van der Waals surface area contributed by atoms with Crippen LogP contribution in [-0.4, -0.2) is 40.1 Å². The molecule has 1 atom stereocenters. The number of unbranched alkanes of at least 4 members (excludes halogenated alkanes) is 1. The molecular formula is C15H23ClN2O4S. The van der Waals surface area contributed by atoms with Gasteiger partial charge in [-0.1, -0.05) is 31.0 Å². The van der Waals surface area contributed by atoms with Crippen LogP contribution >= 0.6 is 11.6 Å². The number of nitrogens with one attached hydrogen (secondary N) is 2. The largest absolute Gasteiger partial charge is 0.369 e. The summed E-state index contributed by atoms with van der Waals surface area (Å²) in [6.45, 7) is 4.51. The maximum Gasteiger partial charge on any atom is 0.248 e. The number of halogens is 1. The number of carbonyl (C=O) groups is 1. The zero-order valence-corrected chi connectivity index (χ0v) is 14.9. The molecule has 0 spiro atoms. The molecule has 0 aromatic heterocycles. The number of rotatable bonds is 10. The summed E-state index contributed by atoms with van der Waals surface area (Å²) in [5, 5.41) is 2.97. The van der Waals surface area contributed by atoms with Gasteiger partial charge in [-0.3, -0.25) is 4.79 Å². The van der Waals surface area contributed by atoms with Gasteiger partial charge in [0.1, 0.15) is 6.10 Å². The van der Waals surface area contributed by atoms with Crippen molar-refractivity contribution in [3.63, 3.8) is 0 Å². The highest BCUT2D eigenvalue weighted by molar-refractivity contribution is 7.89. The zero-order chi connectivity index (χ0) is 17.3. The van der Waals surface area contributed by atoms with Crippen molar-refractivity contribution in [3.8, 4) is 0 Å². The second-order valence-electron chi connectivity index (χ2n) is 5.01. The van der Waals surface area contributed by atoms with E-state index in [2.05, 4.69) is 10.0 Å². The minimum atomic E-state index is -3.64. The minimum absolute atomic E-state index is 0.0856. The first-order valence-electron chi connectivity index (χ1n) is 7.51. The molecule has 0 fully saturated rings. The predicted octanol–water partition coefficient (Wildman–Crippen LogP) is 1.94. The standard InChI is InChI=1S/C15H23ClN2O4S/c1-3-4-10-22-12(2)15(19)17-8-9-18-23(20,21)14-7-5-6-13(16)11-14/h5-7,11-12,18H,3-4,8-10H2,1-2H3,(H,17,19). The van der Waals surface area contributed by atoms with Crippen LogP contribution in [0.15, 0.2) is 29.2 Å². The summed E-state index contributed by atoms with van der Waals surface area (Å²) >= 11 is 5.78. The van der Waals surface area contributed by atoms with Crippen molar-refractivity contribution >= 4 is 27.5 Å². The molecule has 0 saturated heterocycles. The Morgan fingerprint density at radius 2 is 2.09 bits per heavy atom. The average Bonchev–Trinajstić information content (AvgIpc) is 2.51. The van der Waals surface area contributed by atoms with E-state index in [-0.39, 0.29) is 23.9 Å². The Morgan fingerprint density at radius 1 is 1.35 bits per heavy atom. The summed E-state index contributed by atoms with van der Waals surface area (Å²) in [4.78, 5) is 11.8. The Balaban J connectivity index is 2.35. The van der Waals surface area contributed by atoms with E-state index in [0.29, 0.717) is 11.6 Å². The van der Waals surface area contributed by atoms with E-state index in [1.54, 1.807) is 19.1 Å². The fraction of sp³-hybridized carbons (Fsp3) is 0.533. The molecule has 0 aliphatic heterocycles. The van der Waals surface area contributed by atoms with Gasteiger partial charge in [0.15, 0.2) is 0 Å². The van der Waals surface area contributed by atoms with Gasteiger partial charge in [-0.25, -0.2) is 13.1 Å². The smallest absolute Gasteiger partial charge is 0.248 e. The summed E-state index contributed by atoms with van der Waals surface area (Å²) < 4.78 is 31.8. The van der Waals surface area contributed by atoms with Crippen LogP contribution in [0.1, 0.15) is 26.7 Å². The molecule has 130 valence electrons. The molecule has 0 aliphatic carbocycles. The first kappa shape index (κ1) is 19.9. The average molecular weight is 363 g/mol. The maximum atomic E-state index is 12.0. The van der Waals surface area contributed by atoms with Gasteiger partial charge < -0.3 is 10.1 Å². The van der Waals surface area contributed by atoms with E-state index in [9.17, 15) is 13.2 Å². The topological polar surface area (TPSA) is 84.5 Å². The van der Waals surface area contributed by atoms with Crippen LogP contribution in [0, 0.1) is 0 Å². The molecule has 0 bridgehead atoms. The van der Waals surface area contributed by atoms with Crippen molar-refractivity contribution < 1.29 is 17.9 Å². The summed E-state index contributed by atoms with van der Waals surface area (Å²) in [5.41, 5.74) is 0. The fourth-order valence-corrected chi connectivity index (χ4v) is 3.04. The Kier molecular flexibility index (Phi) is 8.54. The van der Waals surface area contributed by atoms with E-state index in [1.807, 2.05) is 6.92 Å². The van der Waals surface area contributed by atoms with E-state index >= 15 is 0 Å². The third-order valence-corrected chi connectivity index (χ3v) is 4.75. The number of hydrogen-bond donors (Lipinski definition) is 2. The fourth-order valence-electron chi connectivity index (χ4n) is 1.71. The number of benzene rings is 1. The van der Waals surface area contributed by atoms with Crippen LogP contribution in [0.3, 0.4) is 0 Å². The molecular weight excluding hydrogens is 340 g/mol. The normalized spacial score (nSPS) is 12.8. The molecule has 23 heavy (non-hydrogen) atoms. The van der Waals surface area contributed by atoms with Gasteiger partial charge >= 0.3 is 0 Å².